The molecule has 0 radical (unpaired) electrons. The lowest BCUT2D eigenvalue weighted by Crippen LogP contribution is -2.48. The Morgan fingerprint density at radius 3 is 2.83 bits per heavy atom. The number of hydrogen-bond acceptors (Lipinski definition) is 5. The summed E-state index contributed by atoms with van der Waals surface area (Å²) in [6.07, 6.45) is 1.92. The third kappa shape index (κ3) is 2.91. The number of anilines is 1. The van der Waals surface area contributed by atoms with Crippen molar-refractivity contribution in [2.24, 2.45) is 5.92 Å². The summed E-state index contributed by atoms with van der Waals surface area (Å²) >= 11 is 0. The molecule has 2 aliphatic rings. The molecule has 0 bridgehead atoms. The fourth-order valence-corrected chi connectivity index (χ4v) is 3.39. The maximum absolute atomic E-state index is 12.7. The van der Waals surface area contributed by atoms with Crippen molar-refractivity contribution in [1.29, 1.82) is 0 Å². The van der Waals surface area contributed by atoms with Gasteiger partial charge in [0.15, 0.2) is 5.58 Å². The van der Waals surface area contributed by atoms with Crippen LogP contribution < -0.4 is 4.90 Å². The first-order valence-corrected chi connectivity index (χ1v) is 8.28. The monoisotopic (exact) mass is 315 g/mol. The van der Waals surface area contributed by atoms with Crippen molar-refractivity contribution in [3.63, 3.8) is 0 Å². The van der Waals surface area contributed by atoms with Gasteiger partial charge in [0.05, 0.1) is 19.1 Å². The second kappa shape index (κ2) is 6.20. The van der Waals surface area contributed by atoms with Gasteiger partial charge in [-0.15, -0.1) is 0 Å². The Morgan fingerprint density at radius 1 is 1.17 bits per heavy atom. The van der Waals surface area contributed by atoms with Gasteiger partial charge in [0.25, 0.3) is 6.01 Å². The number of ether oxygens (including phenoxy) is 1. The van der Waals surface area contributed by atoms with Crippen molar-refractivity contribution < 1.29 is 13.9 Å². The lowest BCUT2D eigenvalue weighted by atomic mass is 9.96. The van der Waals surface area contributed by atoms with Crippen molar-refractivity contribution in [1.82, 2.24) is 9.88 Å². The molecule has 23 heavy (non-hydrogen) atoms. The number of para-hydroxylation sites is 2. The van der Waals surface area contributed by atoms with Gasteiger partial charge in [0.2, 0.25) is 5.91 Å². The van der Waals surface area contributed by atoms with E-state index in [0.717, 1.165) is 30.5 Å². The average Bonchev–Trinajstić information content (AvgIpc) is 3.06. The molecule has 0 saturated carbocycles. The van der Waals surface area contributed by atoms with E-state index >= 15 is 0 Å². The molecule has 6 nitrogen and oxygen atoms in total. The number of amides is 1. The molecule has 1 atom stereocenters. The summed E-state index contributed by atoms with van der Waals surface area (Å²) in [5, 5.41) is 0. The Hall–Kier alpha value is -2.08. The molecule has 1 aromatic heterocycles. The van der Waals surface area contributed by atoms with E-state index in [1.165, 1.54) is 0 Å². The van der Waals surface area contributed by atoms with Crippen molar-refractivity contribution in [3.05, 3.63) is 24.3 Å². The van der Waals surface area contributed by atoms with Crippen LogP contribution in [-0.4, -0.2) is 55.2 Å². The minimum absolute atomic E-state index is 0.0249. The zero-order valence-corrected chi connectivity index (χ0v) is 13.1. The summed E-state index contributed by atoms with van der Waals surface area (Å²) < 4.78 is 11.2. The van der Waals surface area contributed by atoms with Gasteiger partial charge in [0.1, 0.15) is 5.52 Å². The quantitative estimate of drug-likeness (QED) is 0.847. The second-order valence-electron chi connectivity index (χ2n) is 6.19. The Bertz CT molecular complexity index is 660. The minimum Gasteiger partial charge on any atom is -0.423 e. The van der Waals surface area contributed by atoms with Crippen molar-refractivity contribution >= 4 is 23.0 Å². The average molecular weight is 315 g/mol. The molecule has 2 aliphatic heterocycles. The smallest absolute Gasteiger partial charge is 0.298 e. The van der Waals surface area contributed by atoms with Crippen LogP contribution >= 0.6 is 0 Å². The van der Waals surface area contributed by atoms with Crippen LogP contribution in [0.5, 0.6) is 0 Å². The van der Waals surface area contributed by atoms with Crippen LogP contribution in [-0.2, 0) is 9.53 Å². The van der Waals surface area contributed by atoms with Crippen LogP contribution in [0.2, 0.25) is 0 Å². The summed E-state index contributed by atoms with van der Waals surface area (Å²) in [6.45, 7) is 4.28. The van der Waals surface area contributed by atoms with E-state index in [2.05, 4.69) is 9.88 Å². The molecular formula is C17H21N3O3. The summed E-state index contributed by atoms with van der Waals surface area (Å²) in [5.41, 5.74) is 1.66. The standard InChI is InChI=1S/C17H21N3O3/c21-16(19-8-10-22-11-9-19)13-4-3-7-20(12-13)17-18-14-5-1-2-6-15(14)23-17/h1-2,5-6,13H,3-4,7-12H2/t13-/m1/s1. The van der Waals surface area contributed by atoms with Crippen molar-refractivity contribution in [3.8, 4) is 0 Å². The third-order valence-corrected chi connectivity index (χ3v) is 4.65. The second-order valence-corrected chi connectivity index (χ2v) is 6.19. The third-order valence-electron chi connectivity index (χ3n) is 4.65. The van der Waals surface area contributed by atoms with E-state index in [0.29, 0.717) is 38.9 Å². The van der Waals surface area contributed by atoms with Gasteiger partial charge in [0, 0.05) is 26.2 Å². The molecule has 0 N–H and O–H groups in total. The largest absolute Gasteiger partial charge is 0.423 e. The molecule has 2 aromatic rings. The van der Waals surface area contributed by atoms with E-state index in [4.69, 9.17) is 9.15 Å². The van der Waals surface area contributed by atoms with Gasteiger partial charge in [-0.2, -0.15) is 4.98 Å². The highest BCUT2D eigenvalue weighted by Crippen LogP contribution is 2.27. The first-order chi connectivity index (χ1) is 11.3. The number of nitrogens with zero attached hydrogens (tertiary/aromatic N) is 3. The Morgan fingerprint density at radius 2 is 2.00 bits per heavy atom. The van der Waals surface area contributed by atoms with E-state index in [1.54, 1.807) is 0 Å². The number of fused-ring (bicyclic) bond motifs is 1. The molecule has 1 amide bonds. The molecule has 4 rings (SSSR count). The summed E-state index contributed by atoms with van der Waals surface area (Å²) in [5.74, 6) is 0.269. The number of aromatic nitrogens is 1. The maximum atomic E-state index is 12.7. The van der Waals surface area contributed by atoms with Gasteiger partial charge in [-0.3, -0.25) is 4.79 Å². The number of carbonyl (C=O) groups is 1. The fourth-order valence-electron chi connectivity index (χ4n) is 3.39. The van der Waals surface area contributed by atoms with Crippen molar-refractivity contribution in [2.45, 2.75) is 12.8 Å². The lowest BCUT2D eigenvalue weighted by molar-refractivity contribution is -0.139. The number of oxazole rings is 1. The zero-order valence-electron chi connectivity index (χ0n) is 13.1. The highest BCUT2D eigenvalue weighted by Gasteiger charge is 2.31. The van der Waals surface area contributed by atoms with Gasteiger partial charge in [-0.25, -0.2) is 0 Å². The Kier molecular flexibility index (Phi) is 3.91. The fraction of sp³-hybridized carbons (Fsp3) is 0.529. The predicted octanol–water partition coefficient (Wildman–Crippen LogP) is 1.90. The van der Waals surface area contributed by atoms with Gasteiger partial charge in [-0.1, -0.05) is 12.1 Å². The van der Waals surface area contributed by atoms with Crippen LogP contribution in [0.4, 0.5) is 6.01 Å². The molecule has 6 heteroatoms. The number of rotatable bonds is 2. The van der Waals surface area contributed by atoms with E-state index in [1.807, 2.05) is 29.2 Å². The number of carbonyl (C=O) groups excluding carboxylic acids is 1. The SMILES string of the molecule is O=C([C@@H]1CCCN(c2nc3ccccc3o2)C1)N1CCOCC1. The number of hydrogen-bond donors (Lipinski definition) is 0. The molecule has 122 valence electrons. The zero-order chi connectivity index (χ0) is 15.6. The normalized spacial score (nSPS) is 22.5. The molecule has 1 aromatic carbocycles. The molecule has 3 heterocycles. The van der Waals surface area contributed by atoms with Crippen molar-refractivity contribution in [2.75, 3.05) is 44.3 Å². The molecule has 0 aliphatic carbocycles. The highest BCUT2D eigenvalue weighted by molar-refractivity contribution is 5.80. The van der Waals surface area contributed by atoms with Gasteiger partial charge >= 0.3 is 0 Å². The first-order valence-electron chi connectivity index (χ1n) is 8.28. The molecule has 2 saturated heterocycles. The molecular weight excluding hydrogens is 294 g/mol. The van der Waals surface area contributed by atoms with E-state index in [-0.39, 0.29) is 11.8 Å². The Balaban J connectivity index is 1.48. The van der Waals surface area contributed by atoms with Crippen LogP contribution in [0.25, 0.3) is 11.1 Å². The summed E-state index contributed by atoms with van der Waals surface area (Å²) in [4.78, 5) is 21.3. The Labute approximate surface area is 135 Å². The number of morpholine rings is 1. The van der Waals surface area contributed by atoms with Gasteiger partial charge < -0.3 is 19.0 Å². The number of benzene rings is 1. The van der Waals surface area contributed by atoms with Crippen LogP contribution in [0.3, 0.4) is 0 Å². The van der Waals surface area contributed by atoms with Crippen LogP contribution in [0, 0.1) is 5.92 Å². The first kappa shape index (κ1) is 14.5. The lowest BCUT2D eigenvalue weighted by Gasteiger charge is -2.35. The summed E-state index contributed by atoms with van der Waals surface area (Å²) in [6, 6.07) is 8.40. The molecule has 0 spiro atoms. The summed E-state index contributed by atoms with van der Waals surface area (Å²) in [7, 11) is 0. The van der Waals surface area contributed by atoms with E-state index < -0.39 is 0 Å². The van der Waals surface area contributed by atoms with Crippen LogP contribution in [0.1, 0.15) is 12.8 Å². The van der Waals surface area contributed by atoms with Crippen LogP contribution in [0.15, 0.2) is 28.7 Å². The molecule has 2 fully saturated rings. The minimum atomic E-state index is 0.0249. The maximum Gasteiger partial charge on any atom is 0.298 e. The van der Waals surface area contributed by atoms with E-state index in [9.17, 15) is 4.79 Å². The topological polar surface area (TPSA) is 58.8 Å². The number of piperidine rings is 1. The molecule has 0 unspecified atom stereocenters. The highest BCUT2D eigenvalue weighted by atomic mass is 16.5. The van der Waals surface area contributed by atoms with Gasteiger partial charge in [-0.05, 0) is 25.0 Å². The predicted molar refractivity (Wildman–Crippen MR) is 86.3 cm³/mol.